The van der Waals surface area contributed by atoms with Crippen molar-refractivity contribution in [1.29, 1.82) is 0 Å². The molecule has 0 aromatic heterocycles. The Bertz CT molecular complexity index is 947. The van der Waals surface area contributed by atoms with E-state index in [-0.39, 0.29) is 34.0 Å². The number of hydrogen-bond donors (Lipinski definition) is 1. The molecule has 0 aliphatic heterocycles. The molecule has 1 aromatic carbocycles. The molecule has 0 bridgehead atoms. The highest BCUT2D eigenvalue weighted by atomic mass is 32.2. The first-order chi connectivity index (χ1) is 16.5. The maximum absolute atomic E-state index is 13.2. The number of hydrogen-bond acceptors (Lipinski definition) is 4. The maximum atomic E-state index is 13.2. The minimum Gasteiger partial charge on any atom is -0.426 e. The monoisotopic (exact) mass is 504 g/mol. The molecule has 1 aromatic rings. The molecular weight excluding hydrogens is 460 g/mol. The molecule has 196 valence electrons. The van der Waals surface area contributed by atoms with Gasteiger partial charge in [-0.2, -0.15) is 8.42 Å². The van der Waals surface area contributed by atoms with Crippen LogP contribution in [-0.4, -0.2) is 18.9 Å². The molecule has 0 amide bonds. The molecule has 0 spiro atoms. The van der Waals surface area contributed by atoms with Crippen LogP contribution < -0.4 is 4.74 Å². The fourth-order valence-corrected chi connectivity index (χ4v) is 7.88. The minimum atomic E-state index is -4.39. The molecule has 5 nitrogen and oxygen atoms in total. The fraction of sp³-hybridized carbons (Fsp3) is 0.759. The van der Waals surface area contributed by atoms with Gasteiger partial charge in [-0.25, -0.2) is 0 Å². The van der Waals surface area contributed by atoms with E-state index < -0.39 is 10.1 Å². The summed E-state index contributed by atoms with van der Waals surface area (Å²) in [6.07, 6.45) is 13.9. The highest BCUT2D eigenvalue weighted by Gasteiger charge is 2.35. The van der Waals surface area contributed by atoms with E-state index in [9.17, 15) is 17.8 Å². The number of carbonyl (C=O) groups is 1. The summed E-state index contributed by atoms with van der Waals surface area (Å²) in [6.45, 7) is 6.81. The van der Waals surface area contributed by atoms with Crippen molar-refractivity contribution in [3.8, 4) is 5.75 Å². The first kappa shape index (κ1) is 26.7. The van der Waals surface area contributed by atoms with Crippen LogP contribution in [0.5, 0.6) is 5.75 Å². The molecule has 6 heteroatoms. The highest BCUT2D eigenvalue weighted by molar-refractivity contribution is 7.86. The minimum absolute atomic E-state index is 0.0730. The normalized spacial score (nSPS) is 25.4. The van der Waals surface area contributed by atoms with E-state index in [1.807, 2.05) is 0 Å². The van der Waals surface area contributed by atoms with Gasteiger partial charge < -0.3 is 4.74 Å². The summed E-state index contributed by atoms with van der Waals surface area (Å²) in [6, 6.07) is 3.51. The number of esters is 1. The van der Waals surface area contributed by atoms with E-state index in [0.29, 0.717) is 22.8 Å². The van der Waals surface area contributed by atoms with Gasteiger partial charge in [0, 0.05) is 0 Å². The highest BCUT2D eigenvalue weighted by Crippen LogP contribution is 2.45. The lowest BCUT2D eigenvalue weighted by Crippen LogP contribution is -2.30. The van der Waals surface area contributed by atoms with Gasteiger partial charge in [-0.15, -0.1) is 0 Å². The van der Waals surface area contributed by atoms with Crippen LogP contribution in [0.25, 0.3) is 0 Å². The number of ether oxygens (including phenoxy) is 1. The van der Waals surface area contributed by atoms with Gasteiger partial charge in [0.2, 0.25) is 0 Å². The third kappa shape index (κ3) is 6.49. The Morgan fingerprint density at radius 1 is 0.800 bits per heavy atom. The van der Waals surface area contributed by atoms with Gasteiger partial charge in [0.05, 0.1) is 5.92 Å². The smallest absolute Gasteiger partial charge is 0.314 e. The summed E-state index contributed by atoms with van der Waals surface area (Å²) in [7, 11) is -4.39. The second-order valence-corrected chi connectivity index (χ2v) is 13.8. The predicted octanol–water partition coefficient (Wildman–Crippen LogP) is 7.79. The van der Waals surface area contributed by atoms with Crippen molar-refractivity contribution < 1.29 is 22.5 Å². The second-order valence-electron chi connectivity index (χ2n) is 12.4. The summed E-state index contributed by atoms with van der Waals surface area (Å²) in [5.74, 6) is 0.929. The molecule has 3 saturated carbocycles. The second kappa shape index (κ2) is 10.9. The van der Waals surface area contributed by atoms with Gasteiger partial charge in [-0.3, -0.25) is 9.35 Å². The van der Waals surface area contributed by atoms with Crippen molar-refractivity contribution in [3.63, 3.8) is 0 Å². The summed E-state index contributed by atoms with van der Waals surface area (Å²) in [5, 5.41) is 0. The van der Waals surface area contributed by atoms with Crippen molar-refractivity contribution in [2.24, 2.45) is 17.3 Å². The molecule has 0 heterocycles. The standard InChI is InChI=1S/C29H44O5S/c1-29(2,3)23-16-14-22(15-17-23)28(30)34-24-18-25(20-10-6-4-7-11-20)27(35(31,32)33)26(19-24)21-12-8-5-9-13-21/h18-23H,4-17H2,1-3H3,(H,31,32,33). The van der Waals surface area contributed by atoms with Crippen molar-refractivity contribution >= 4 is 16.1 Å². The first-order valence-electron chi connectivity index (χ1n) is 13.9. The zero-order chi connectivity index (χ0) is 25.2. The number of rotatable bonds is 5. The molecule has 35 heavy (non-hydrogen) atoms. The van der Waals surface area contributed by atoms with Gasteiger partial charge >= 0.3 is 5.97 Å². The molecule has 4 rings (SSSR count). The molecular formula is C29H44O5S. The Morgan fingerprint density at radius 3 is 1.66 bits per heavy atom. The van der Waals surface area contributed by atoms with Crippen molar-refractivity contribution in [2.45, 2.75) is 127 Å². The lowest BCUT2D eigenvalue weighted by Gasteiger charge is -2.36. The maximum Gasteiger partial charge on any atom is 0.314 e. The van der Waals surface area contributed by atoms with Crippen LogP contribution in [0.3, 0.4) is 0 Å². The summed E-state index contributed by atoms with van der Waals surface area (Å²) >= 11 is 0. The van der Waals surface area contributed by atoms with Gasteiger partial charge in [0.1, 0.15) is 10.6 Å². The van der Waals surface area contributed by atoms with E-state index in [1.54, 1.807) is 12.1 Å². The van der Waals surface area contributed by atoms with E-state index in [2.05, 4.69) is 20.8 Å². The summed E-state index contributed by atoms with van der Waals surface area (Å²) in [4.78, 5) is 13.3. The Hall–Kier alpha value is -1.40. The SMILES string of the molecule is CC(C)(C)C1CCC(C(=O)Oc2cc(C3CCCCC3)c(S(=O)(=O)O)c(C3CCCCC3)c2)CC1. The molecule has 1 N–H and O–H groups in total. The van der Waals surface area contributed by atoms with Crippen LogP contribution in [-0.2, 0) is 14.9 Å². The lowest BCUT2D eigenvalue weighted by molar-refractivity contribution is -0.140. The summed E-state index contributed by atoms with van der Waals surface area (Å²) < 4.78 is 41.7. The molecule has 3 fully saturated rings. The van der Waals surface area contributed by atoms with Crippen LogP contribution >= 0.6 is 0 Å². The van der Waals surface area contributed by atoms with Crippen LogP contribution in [0.1, 0.15) is 134 Å². The molecule has 0 unspecified atom stereocenters. The van der Waals surface area contributed by atoms with Crippen molar-refractivity contribution in [3.05, 3.63) is 23.3 Å². The number of carbonyl (C=O) groups excluding carboxylic acids is 1. The van der Waals surface area contributed by atoms with E-state index >= 15 is 0 Å². The zero-order valence-electron chi connectivity index (χ0n) is 21.9. The third-order valence-electron chi connectivity index (χ3n) is 8.97. The molecule has 0 saturated heterocycles. The Balaban J connectivity index is 1.64. The van der Waals surface area contributed by atoms with Gasteiger partial charge in [0.25, 0.3) is 10.1 Å². The Morgan fingerprint density at radius 2 is 1.26 bits per heavy atom. The van der Waals surface area contributed by atoms with Crippen LogP contribution in [0.2, 0.25) is 0 Å². The number of benzene rings is 1. The van der Waals surface area contributed by atoms with E-state index in [1.165, 1.54) is 0 Å². The average molecular weight is 505 g/mol. The zero-order valence-corrected chi connectivity index (χ0v) is 22.7. The van der Waals surface area contributed by atoms with Gasteiger partial charge in [0.15, 0.2) is 0 Å². The summed E-state index contributed by atoms with van der Waals surface area (Å²) in [5.41, 5.74) is 1.58. The molecule has 0 atom stereocenters. The van der Waals surface area contributed by atoms with Crippen LogP contribution in [0, 0.1) is 17.3 Å². The molecule has 0 radical (unpaired) electrons. The predicted molar refractivity (Wildman–Crippen MR) is 138 cm³/mol. The fourth-order valence-electron chi connectivity index (χ4n) is 6.83. The molecule has 3 aliphatic carbocycles. The van der Waals surface area contributed by atoms with E-state index in [4.69, 9.17) is 4.74 Å². The first-order valence-corrected chi connectivity index (χ1v) is 15.3. The Kier molecular flexibility index (Phi) is 8.32. The van der Waals surface area contributed by atoms with Crippen molar-refractivity contribution in [1.82, 2.24) is 0 Å². The van der Waals surface area contributed by atoms with Gasteiger partial charge in [-0.1, -0.05) is 59.3 Å². The Labute approximate surface area is 212 Å². The van der Waals surface area contributed by atoms with Crippen molar-refractivity contribution in [2.75, 3.05) is 0 Å². The van der Waals surface area contributed by atoms with Gasteiger partial charge in [-0.05, 0) is 97.8 Å². The average Bonchev–Trinajstić information content (AvgIpc) is 2.83. The quantitative estimate of drug-likeness (QED) is 0.251. The van der Waals surface area contributed by atoms with Crippen LogP contribution in [0.15, 0.2) is 17.0 Å². The van der Waals surface area contributed by atoms with Crippen LogP contribution in [0.4, 0.5) is 0 Å². The topological polar surface area (TPSA) is 80.7 Å². The lowest BCUT2D eigenvalue weighted by atomic mass is 9.70. The molecule has 3 aliphatic rings. The largest absolute Gasteiger partial charge is 0.426 e. The van der Waals surface area contributed by atoms with E-state index in [0.717, 1.165) is 89.9 Å². The third-order valence-corrected chi connectivity index (χ3v) is 9.96.